The fraction of sp³-hybridized carbons (Fsp3) is 0.684. The summed E-state index contributed by atoms with van der Waals surface area (Å²) in [6, 6.07) is 22.2. The van der Waals surface area contributed by atoms with Gasteiger partial charge in [-0.05, 0) is 38.5 Å². The zero-order chi connectivity index (χ0) is 33.9. The molecule has 0 aliphatic carbocycles. The van der Waals surface area contributed by atoms with Crippen molar-refractivity contribution >= 4 is 10.4 Å². The van der Waals surface area contributed by atoms with Crippen LogP contribution in [0.3, 0.4) is 0 Å². The van der Waals surface area contributed by atoms with Gasteiger partial charge in [-0.3, -0.25) is 4.55 Å². The molecule has 0 saturated carbocycles. The lowest BCUT2D eigenvalue weighted by Crippen LogP contribution is -2.49. The lowest BCUT2D eigenvalue weighted by Gasteiger charge is -2.39. The second kappa shape index (κ2) is 28.2. The van der Waals surface area contributed by atoms with E-state index in [9.17, 15) is 0 Å². The molecule has 8 heteroatoms. The summed E-state index contributed by atoms with van der Waals surface area (Å²) in [6.07, 6.45) is 16.0. The molecule has 0 bridgehead atoms. The highest BCUT2D eigenvalue weighted by molar-refractivity contribution is 7.79. The summed E-state index contributed by atoms with van der Waals surface area (Å²) in [6.45, 7) is 24.5. The van der Waals surface area contributed by atoms with Crippen LogP contribution in [0.15, 0.2) is 60.7 Å². The Morgan fingerprint density at radius 2 is 0.696 bits per heavy atom. The van der Waals surface area contributed by atoms with Crippen LogP contribution < -0.4 is 0 Å². The second-order valence-electron chi connectivity index (χ2n) is 12.9. The van der Waals surface area contributed by atoms with Gasteiger partial charge >= 0.3 is 0 Å². The van der Waals surface area contributed by atoms with Crippen molar-refractivity contribution in [2.45, 2.75) is 132 Å². The van der Waals surface area contributed by atoms with Crippen LogP contribution in [0, 0.1) is 0 Å². The van der Waals surface area contributed by atoms with E-state index in [2.05, 4.69) is 102 Å². The van der Waals surface area contributed by atoms with Crippen molar-refractivity contribution in [2.24, 2.45) is 0 Å². The van der Waals surface area contributed by atoms with E-state index in [1.807, 2.05) is 0 Å². The molecule has 0 aliphatic rings. The molecule has 0 amide bonds. The number of rotatable bonds is 22. The Balaban J connectivity index is 0. The van der Waals surface area contributed by atoms with Crippen LogP contribution in [-0.2, 0) is 23.5 Å². The predicted molar refractivity (Wildman–Crippen MR) is 194 cm³/mol. The molecule has 0 aliphatic heterocycles. The Morgan fingerprint density at radius 3 is 0.870 bits per heavy atom. The van der Waals surface area contributed by atoms with E-state index in [1.165, 1.54) is 150 Å². The van der Waals surface area contributed by atoms with E-state index in [4.69, 9.17) is 17.5 Å². The minimum Gasteiger partial charge on any atom is -0.870 e. The van der Waals surface area contributed by atoms with Crippen molar-refractivity contribution in [3.05, 3.63) is 71.8 Å². The highest BCUT2D eigenvalue weighted by Crippen LogP contribution is 2.21. The number of unbranched alkanes of at least 4 members (excludes halogenated alkanes) is 6. The Labute approximate surface area is 284 Å². The Kier molecular flexibility index (Phi) is 28.4. The molecule has 2 rings (SSSR count). The van der Waals surface area contributed by atoms with Gasteiger partial charge in [-0.2, -0.15) is 0 Å². The van der Waals surface area contributed by atoms with Gasteiger partial charge in [-0.25, -0.2) is 8.42 Å². The molecule has 46 heavy (non-hydrogen) atoms. The molecule has 0 aromatic heterocycles. The smallest absolute Gasteiger partial charge is 0.215 e. The third kappa shape index (κ3) is 24.4. The predicted octanol–water partition coefficient (Wildman–Crippen LogP) is 9.64. The monoisotopic (exact) mass is 667 g/mol. The number of hydrogen-bond donors (Lipinski definition) is 1. The lowest BCUT2D eigenvalue weighted by atomic mass is 10.1. The Morgan fingerprint density at radius 1 is 0.500 bits per heavy atom. The Hall–Kier alpha value is -1.81. The van der Waals surface area contributed by atoms with E-state index in [1.54, 1.807) is 0 Å². The maximum Gasteiger partial charge on any atom is 0.215 e. The highest BCUT2D eigenvalue weighted by Gasteiger charge is 2.27. The molecule has 0 radical (unpaired) electrons. The molecule has 0 heterocycles. The molecular formula is C38H70N2O5S. The molecule has 268 valence electrons. The normalized spacial score (nSPS) is 11.5. The summed E-state index contributed by atoms with van der Waals surface area (Å²) in [5, 5.41) is 0. The molecule has 0 fully saturated rings. The fourth-order valence-electron chi connectivity index (χ4n) is 6.05. The van der Waals surface area contributed by atoms with Gasteiger partial charge in [-0.15, -0.1) is 0 Å². The molecule has 2 aromatic carbocycles. The average molecular weight is 667 g/mol. The Bertz CT molecular complexity index is 915. The second-order valence-corrected chi connectivity index (χ2v) is 13.7. The summed E-state index contributed by atoms with van der Waals surface area (Å²) in [5.74, 6) is 0. The van der Waals surface area contributed by atoms with Gasteiger partial charge in [0.2, 0.25) is 10.4 Å². The van der Waals surface area contributed by atoms with E-state index < -0.39 is 10.4 Å². The SMILES string of the molecule is CCCC[N+](CCCC)(CCCC)Cc1ccccc1.CCCC[N+](CCCC)(CCCC)Cc1ccccc1.O=S(=O)([O-])O.[OH-]. The maximum absolute atomic E-state index is 8.63. The minimum atomic E-state index is -4.92. The molecule has 0 unspecified atom stereocenters. The average Bonchev–Trinajstić information content (AvgIpc) is 3.03. The largest absolute Gasteiger partial charge is 0.870 e. The quantitative estimate of drug-likeness (QED) is 0.0765. The topological polar surface area (TPSA) is 107 Å². The molecule has 2 N–H and O–H groups in total. The van der Waals surface area contributed by atoms with Crippen LogP contribution in [0.4, 0.5) is 0 Å². The molecule has 7 nitrogen and oxygen atoms in total. The van der Waals surface area contributed by atoms with E-state index >= 15 is 0 Å². The lowest BCUT2D eigenvalue weighted by molar-refractivity contribution is -0.941. The van der Waals surface area contributed by atoms with E-state index in [0.717, 1.165) is 0 Å². The molecule has 0 saturated heterocycles. The summed E-state index contributed by atoms with van der Waals surface area (Å²) >= 11 is 0. The van der Waals surface area contributed by atoms with Gasteiger partial charge in [-0.1, -0.05) is 141 Å². The van der Waals surface area contributed by atoms with Crippen molar-refractivity contribution in [2.75, 3.05) is 39.3 Å². The van der Waals surface area contributed by atoms with Gasteiger partial charge < -0.3 is 19.0 Å². The van der Waals surface area contributed by atoms with Gasteiger partial charge in [0.15, 0.2) is 0 Å². The maximum atomic E-state index is 8.63. The van der Waals surface area contributed by atoms with Crippen LogP contribution in [0.25, 0.3) is 0 Å². The van der Waals surface area contributed by atoms with E-state index in [-0.39, 0.29) is 5.48 Å². The molecule has 0 spiro atoms. The van der Waals surface area contributed by atoms with Gasteiger partial charge in [0.25, 0.3) is 0 Å². The van der Waals surface area contributed by atoms with Gasteiger partial charge in [0.1, 0.15) is 13.1 Å². The third-order valence-corrected chi connectivity index (χ3v) is 8.64. The number of hydrogen-bond acceptors (Lipinski definition) is 4. The number of benzene rings is 2. The summed E-state index contributed by atoms with van der Waals surface area (Å²) < 4.78 is 35.4. The van der Waals surface area contributed by atoms with Crippen molar-refractivity contribution in [3.63, 3.8) is 0 Å². The summed E-state index contributed by atoms with van der Waals surface area (Å²) in [5.41, 5.74) is 3.02. The van der Waals surface area contributed by atoms with E-state index in [0.29, 0.717) is 0 Å². The first-order valence-electron chi connectivity index (χ1n) is 18.0. The van der Waals surface area contributed by atoms with Crippen LogP contribution in [0.2, 0.25) is 0 Å². The van der Waals surface area contributed by atoms with Gasteiger partial charge in [0.05, 0.1) is 39.3 Å². The van der Waals surface area contributed by atoms with Crippen LogP contribution in [0.5, 0.6) is 0 Å². The summed E-state index contributed by atoms with van der Waals surface area (Å²) in [4.78, 5) is 0. The molecule has 2 aromatic rings. The first-order valence-corrected chi connectivity index (χ1v) is 19.3. The van der Waals surface area contributed by atoms with Crippen LogP contribution in [0.1, 0.15) is 130 Å². The van der Waals surface area contributed by atoms with Crippen molar-refractivity contribution in [3.8, 4) is 0 Å². The standard InChI is InChI=1S/2C19H34N.H2O4S.H2O/c2*1-4-7-15-20(16-8-5-2,17-9-6-3)18-19-13-11-10-12-14-19;1-5(2,3)4;/h2*10-14H,4-9,15-18H2,1-3H3;(H2,1,2,3,4);1H2/q2*+1;;/p-2. The minimum absolute atomic E-state index is 0. The van der Waals surface area contributed by atoms with Crippen LogP contribution in [-0.4, -0.2) is 71.2 Å². The first kappa shape index (κ1) is 46.3. The zero-order valence-corrected chi connectivity index (χ0v) is 31.2. The van der Waals surface area contributed by atoms with Crippen molar-refractivity contribution in [1.29, 1.82) is 0 Å². The van der Waals surface area contributed by atoms with Crippen molar-refractivity contribution < 1.29 is 32.0 Å². The zero-order valence-electron chi connectivity index (χ0n) is 30.3. The highest BCUT2D eigenvalue weighted by atomic mass is 32.3. The van der Waals surface area contributed by atoms with Crippen molar-refractivity contribution in [1.82, 2.24) is 0 Å². The summed E-state index contributed by atoms with van der Waals surface area (Å²) in [7, 11) is -4.92. The molecule has 0 atom stereocenters. The van der Waals surface area contributed by atoms with Crippen LogP contribution >= 0.6 is 0 Å². The first-order chi connectivity index (χ1) is 21.5. The third-order valence-electron chi connectivity index (χ3n) is 8.64. The fourth-order valence-corrected chi connectivity index (χ4v) is 6.05. The van der Waals surface area contributed by atoms with Gasteiger partial charge in [0, 0.05) is 11.1 Å². The molecular weight excluding hydrogens is 596 g/mol. The number of nitrogens with zero attached hydrogens (tertiary/aromatic N) is 2. The number of quaternary nitrogens is 2.